The van der Waals surface area contributed by atoms with Crippen LogP contribution in [0.5, 0.6) is 5.75 Å². The Morgan fingerprint density at radius 3 is 2.55 bits per heavy atom. The quantitative estimate of drug-likeness (QED) is 0.494. The van der Waals surface area contributed by atoms with Gasteiger partial charge in [0.1, 0.15) is 5.75 Å². The van der Waals surface area contributed by atoms with Crippen LogP contribution in [0, 0.1) is 0 Å². The van der Waals surface area contributed by atoms with Crippen LogP contribution in [0.2, 0.25) is 0 Å². The van der Waals surface area contributed by atoms with Gasteiger partial charge in [-0.2, -0.15) is 9.61 Å². The molecular formula is C24H28N6O. The molecule has 0 spiro atoms. The number of piperidine rings is 1. The van der Waals surface area contributed by atoms with Crippen LogP contribution in [-0.2, 0) is 5.41 Å². The summed E-state index contributed by atoms with van der Waals surface area (Å²) < 4.78 is 7.39. The van der Waals surface area contributed by atoms with E-state index >= 15 is 0 Å². The van der Waals surface area contributed by atoms with E-state index in [1.165, 1.54) is 5.69 Å². The van der Waals surface area contributed by atoms with E-state index < -0.39 is 0 Å². The highest BCUT2D eigenvalue weighted by Crippen LogP contribution is 2.34. The van der Waals surface area contributed by atoms with Gasteiger partial charge in [0.05, 0.1) is 18.3 Å². The zero-order chi connectivity index (χ0) is 21.6. The van der Waals surface area contributed by atoms with Crippen LogP contribution in [0.15, 0.2) is 42.6 Å². The Morgan fingerprint density at radius 1 is 1.00 bits per heavy atom. The van der Waals surface area contributed by atoms with Crippen LogP contribution in [-0.4, -0.2) is 45.0 Å². The molecule has 0 N–H and O–H groups in total. The molecule has 31 heavy (non-hydrogen) atoms. The van der Waals surface area contributed by atoms with Gasteiger partial charge >= 0.3 is 0 Å². The van der Waals surface area contributed by atoms with E-state index in [1.807, 2.05) is 28.9 Å². The summed E-state index contributed by atoms with van der Waals surface area (Å²) in [5, 5.41) is 14.9. The molecular weight excluding hydrogens is 388 g/mol. The van der Waals surface area contributed by atoms with Crippen LogP contribution in [0.1, 0.15) is 51.0 Å². The molecule has 0 unspecified atom stereocenters. The molecule has 0 radical (unpaired) electrons. The van der Waals surface area contributed by atoms with Crippen LogP contribution < -0.4 is 9.64 Å². The Balaban J connectivity index is 1.41. The summed E-state index contributed by atoms with van der Waals surface area (Å²) in [6.45, 7) is 8.44. The second kappa shape index (κ2) is 7.48. The highest BCUT2D eigenvalue weighted by molar-refractivity contribution is 5.92. The third-order valence-corrected chi connectivity index (χ3v) is 6.18. The van der Waals surface area contributed by atoms with Crippen LogP contribution in [0.4, 0.5) is 5.69 Å². The second-order valence-corrected chi connectivity index (χ2v) is 9.27. The summed E-state index contributed by atoms with van der Waals surface area (Å²) in [6, 6.07) is 12.2. The first-order valence-electron chi connectivity index (χ1n) is 10.8. The van der Waals surface area contributed by atoms with E-state index in [1.54, 1.807) is 7.11 Å². The smallest absolute Gasteiger partial charge is 0.177 e. The maximum absolute atomic E-state index is 5.43. The van der Waals surface area contributed by atoms with Crippen LogP contribution in [0.25, 0.3) is 16.6 Å². The van der Waals surface area contributed by atoms with E-state index in [9.17, 15) is 0 Å². The number of aromatic nitrogens is 5. The summed E-state index contributed by atoms with van der Waals surface area (Å²) in [5.41, 5.74) is 4.06. The Morgan fingerprint density at radius 2 is 1.81 bits per heavy atom. The molecule has 5 rings (SSSR count). The van der Waals surface area contributed by atoms with Crippen LogP contribution in [0.3, 0.4) is 0 Å². The van der Waals surface area contributed by atoms with Crippen molar-refractivity contribution in [2.75, 3.05) is 25.1 Å². The van der Waals surface area contributed by atoms with Gasteiger partial charge in [-0.3, -0.25) is 4.98 Å². The fourth-order valence-electron chi connectivity index (χ4n) is 4.35. The van der Waals surface area contributed by atoms with Crippen molar-refractivity contribution in [3.05, 3.63) is 54.1 Å². The molecule has 1 fully saturated rings. The molecule has 0 bridgehead atoms. The van der Waals surface area contributed by atoms with Gasteiger partial charge in [0, 0.05) is 41.7 Å². The SMILES string of the molecule is COc1ccc2nccc(N3CCC(c4nnc5ccc(C(C)(C)C)nn45)CC3)c2c1. The number of rotatable bonds is 3. The van der Waals surface area contributed by atoms with Crippen molar-refractivity contribution in [2.45, 2.75) is 44.9 Å². The van der Waals surface area contributed by atoms with Crippen molar-refractivity contribution >= 4 is 22.2 Å². The van der Waals surface area contributed by atoms with Gasteiger partial charge in [-0.1, -0.05) is 20.8 Å². The molecule has 1 aromatic carbocycles. The van der Waals surface area contributed by atoms with Crippen molar-refractivity contribution in [3.63, 3.8) is 0 Å². The second-order valence-electron chi connectivity index (χ2n) is 9.27. The molecule has 7 nitrogen and oxygen atoms in total. The van der Waals surface area contributed by atoms with Crippen molar-refractivity contribution in [1.82, 2.24) is 24.8 Å². The number of hydrogen-bond acceptors (Lipinski definition) is 6. The van der Waals surface area contributed by atoms with Gasteiger partial charge in [-0.05, 0) is 49.2 Å². The van der Waals surface area contributed by atoms with Gasteiger partial charge in [0.25, 0.3) is 0 Å². The van der Waals surface area contributed by atoms with Crippen molar-refractivity contribution in [3.8, 4) is 5.75 Å². The molecule has 0 amide bonds. The standard InChI is InChI=1S/C24H28N6O/c1-24(2,3)21-7-8-22-26-27-23(30(22)28-21)16-10-13-29(14-11-16)20-9-12-25-19-6-5-17(31-4)15-18(19)20/h5-9,12,15-16H,10-11,13-14H2,1-4H3. The van der Waals surface area contributed by atoms with Crippen molar-refractivity contribution in [1.29, 1.82) is 0 Å². The highest BCUT2D eigenvalue weighted by atomic mass is 16.5. The predicted octanol–water partition coefficient (Wildman–Crippen LogP) is 4.36. The number of hydrogen-bond donors (Lipinski definition) is 0. The molecule has 3 aromatic heterocycles. The predicted molar refractivity (Wildman–Crippen MR) is 122 cm³/mol. The summed E-state index contributed by atoms with van der Waals surface area (Å²) in [6.07, 6.45) is 3.91. The van der Waals surface area contributed by atoms with E-state index in [4.69, 9.17) is 9.84 Å². The lowest BCUT2D eigenvalue weighted by Gasteiger charge is -2.33. The van der Waals surface area contributed by atoms with E-state index in [0.717, 1.165) is 59.7 Å². The van der Waals surface area contributed by atoms with E-state index in [2.05, 4.69) is 59.1 Å². The third-order valence-electron chi connectivity index (χ3n) is 6.18. The van der Waals surface area contributed by atoms with Crippen molar-refractivity contribution in [2.24, 2.45) is 0 Å². The number of nitrogens with zero attached hydrogens (tertiary/aromatic N) is 6. The summed E-state index contributed by atoms with van der Waals surface area (Å²) >= 11 is 0. The molecule has 7 heteroatoms. The number of benzene rings is 1. The zero-order valence-electron chi connectivity index (χ0n) is 18.5. The fraction of sp³-hybridized carbons (Fsp3) is 0.417. The van der Waals surface area contributed by atoms with E-state index in [-0.39, 0.29) is 5.41 Å². The molecule has 0 aliphatic carbocycles. The molecule has 1 saturated heterocycles. The lowest BCUT2D eigenvalue weighted by atomic mass is 9.92. The lowest BCUT2D eigenvalue weighted by molar-refractivity contribution is 0.415. The Hall–Kier alpha value is -3.22. The maximum Gasteiger partial charge on any atom is 0.177 e. The monoisotopic (exact) mass is 416 g/mol. The van der Waals surface area contributed by atoms with Gasteiger partial charge in [0.15, 0.2) is 11.5 Å². The minimum Gasteiger partial charge on any atom is -0.497 e. The molecule has 0 atom stereocenters. The Kier molecular flexibility index (Phi) is 4.76. The molecule has 4 aromatic rings. The van der Waals surface area contributed by atoms with Gasteiger partial charge in [0.2, 0.25) is 0 Å². The number of methoxy groups -OCH3 is 1. The summed E-state index contributed by atoms with van der Waals surface area (Å²) in [4.78, 5) is 6.96. The topological polar surface area (TPSA) is 68.4 Å². The maximum atomic E-state index is 5.43. The Bertz CT molecular complexity index is 1230. The molecule has 1 aliphatic rings. The largest absolute Gasteiger partial charge is 0.497 e. The molecule has 4 heterocycles. The average Bonchev–Trinajstić information content (AvgIpc) is 3.21. The Labute approximate surface area is 182 Å². The number of fused-ring (bicyclic) bond motifs is 2. The molecule has 0 saturated carbocycles. The normalized spacial score (nSPS) is 15.7. The first-order valence-corrected chi connectivity index (χ1v) is 10.8. The summed E-state index contributed by atoms with van der Waals surface area (Å²) in [7, 11) is 1.70. The molecule has 1 aliphatic heterocycles. The van der Waals surface area contributed by atoms with E-state index in [0.29, 0.717) is 5.92 Å². The fourth-order valence-corrected chi connectivity index (χ4v) is 4.35. The third kappa shape index (κ3) is 3.58. The van der Waals surface area contributed by atoms with Gasteiger partial charge in [-0.25, -0.2) is 0 Å². The number of anilines is 1. The van der Waals surface area contributed by atoms with Crippen LogP contribution >= 0.6 is 0 Å². The minimum atomic E-state index is -0.0114. The average molecular weight is 417 g/mol. The zero-order valence-corrected chi connectivity index (χ0v) is 18.5. The first-order chi connectivity index (χ1) is 14.9. The van der Waals surface area contributed by atoms with Gasteiger partial charge < -0.3 is 9.64 Å². The summed E-state index contributed by atoms with van der Waals surface area (Å²) in [5.74, 6) is 2.17. The highest BCUT2D eigenvalue weighted by Gasteiger charge is 2.27. The molecule has 160 valence electrons. The number of ether oxygens (including phenoxy) is 1. The lowest BCUT2D eigenvalue weighted by Crippen LogP contribution is -2.33. The van der Waals surface area contributed by atoms with Gasteiger partial charge in [-0.15, -0.1) is 10.2 Å². The first kappa shape index (κ1) is 19.7. The number of pyridine rings is 1. The minimum absolute atomic E-state index is 0.0114. The van der Waals surface area contributed by atoms with Crippen molar-refractivity contribution < 1.29 is 4.74 Å².